The van der Waals surface area contributed by atoms with Crippen LogP contribution in [0.1, 0.15) is 66.7 Å². The van der Waals surface area contributed by atoms with Crippen molar-refractivity contribution >= 4 is 7.82 Å². The van der Waals surface area contributed by atoms with E-state index in [0.29, 0.717) is 0 Å². The molecule has 0 aromatic carbocycles. The average molecular weight is 356 g/mol. The zero-order chi connectivity index (χ0) is 18.6. The molecule has 4 nitrogen and oxygen atoms in total. The van der Waals surface area contributed by atoms with Crippen LogP contribution in [-0.2, 0) is 9.09 Å². The minimum Gasteiger partial charge on any atom is -0.303 e. The molecule has 0 heterocycles. The molecule has 2 N–H and O–H groups in total. The summed E-state index contributed by atoms with van der Waals surface area (Å²) in [5.41, 5.74) is 5.28. The first kappa shape index (κ1) is 23.1. The molecule has 0 aliphatic heterocycles. The molecule has 24 heavy (non-hydrogen) atoms. The number of hydrogen-bond donors (Lipinski definition) is 2. The highest BCUT2D eigenvalue weighted by molar-refractivity contribution is 7.46. The molecule has 0 aliphatic carbocycles. The van der Waals surface area contributed by atoms with E-state index in [9.17, 15) is 4.57 Å². The van der Waals surface area contributed by atoms with Gasteiger partial charge in [-0.15, -0.1) is 0 Å². The van der Waals surface area contributed by atoms with Crippen molar-refractivity contribution < 1.29 is 18.9 Å². The molecule has 0 aromatic rings. The van der Waals surface area contributed by atoms with E-state index in [2.05, 4.69) is 43.5 Å². The predicted molar refractivity (Wildman–Crippen MR) is 102 cm³/mol. The van der Waals surface area contributed by atoms with Crippen molar-refractivity contribution in [1.82, 2.24) is 0 Å². The second-order valence-electron chi connectivity index (χ2n) is 6.31. The molecule has 0 aromatic heterocycles. The maximum absolute atomic E-state index is 10.7. The van der Waals surface area contributed by atoms with Crippen molar-refractivity contribution in [3.05, 3.63) is 46.6 Å². The fraction of sp³-hybridized carbons (Fsp3) is 0.579. The zero-order valence-electron chi connectivity index (χ0n) is 15.7. The molecule has 0 radical (unpaired) electrons. The van der Waals surface area contributed by atoms with Crippen molar-refractivity contribution in [2.45, 2.75) is 66.7 Å². The summed E-state index contributed by atoms with van der Waals surface area (Å²) in [5, 5.41) is 0. The van der Waals surface area contributed by atoms with Gasteiger partial charge in [-0.2, -0.15) is 0 Å². The molecule has 138 valence electrons. The van der Waals surface area contributed by atoms with Crippen LogP contribution >= 0.6 is 7.82 Å². The van der Waals surface area contributed by atoms with Gasteiger partial charge in [0.2, 0.25) is 0 Å². The Morgan fingerprint density at radius 1 is 1.04 bits per heavy atom. The van der Waals surface area contributed by atoms with Gasteiger partial charge >= 0.3 is 7.82 Å². The van der Waals surface area contributed by atoms with Gasteiger partial charge in [0, 0.05) is 0 Å². The Balaban J connectivity index is 4.75. The van der Waals surface area contributed by atoms with Gasteiger partial charge in [-0.05, 0) is 66.7 Å². The SMILES string of the molecule is C/C=C/CC/C(C)=C(/CC=C(C)C)CC/C(C)=C/COP(=O)(O)O. The van der Waals surface area contributed by atoms with Crippen LogP contribution in [0.4, 0.5) is 0 Å². The standard InChI is InChI=1S/C19H33O4P/c1-6-7-8-9-18(5)19(12-10-16(2)3)13-11-17(4)14-15-23-24(20,21)22/h6-7,10,14H,8-9,11-13,15H2,1-5H3,(H2,20,21,22)/b7-6+,17-14+,19-18-. The number of rotatable bonds is 11. The fourth-order valence-corrected chi connectivity index (χ4v) is 2.46. The maximum atomic E-state index is 10.7. The molecule has 0 saturated carbocycles. The van der Waals surface area contributed by atoms with Gasteiger partial charge in [-0.1, -0.05) is 46.6 Å². The summed E-state index contributed by atoms with van der Waals surface area (Å²) in [7, 11) is -4.38. The maximum Gasteiger partial charge on any atom is 0.469 e. The third kappa shape index (κ3) is 13.5. The van der Waals surface area contributed by atoms with E-state index in [1.807, 2.05) is 13.8 Å². The summed E-state index contributed by atoms with van der Waals surface area (Å²) in [5.74, 6) is 0. The summed E-state index contributed by atoms with van der Waals surface area (Å²) < 4.78 is 15.1. The highest BCUT2D eigenvalue weighted by Crippen LogP contribution is 2.35. The Hall–Kier alpha value is -0.930. The Kier molecular flexibility index (Phi) is 12.0. The van der Waals surface area contributed by atoms with E-state index in [1.165, 1.54) is 16.7 Å². The van der Waals surface area contributed by atoms with Crippen LogP contribution in [0.25, 0.3) is 0 Å². The monoisotopic (exact) mass is 356 g/mol. The molecule has 0 fully saturated rings. The lowest BCUT2D eigenvalue weighted by molar-refractivity contribution is 0.215. The van der Waals surface area contributed by atoms with Crippen LogP contribution in [-0.4, -0.2) is 16.4 Å². The molecule has 0 rings (SSSR count). The first-order chi connectivity index (χ1) is 11.2. The zero-order valence-corrected chi connectivity index (χ0v) is 16.6. The highest BCUT2D eigenvalue weighted by Gasteiger charge is 2.11. The van der Waals surface area contributed by atoms with Gasteiger partial charge in [0.15, 0.2) is 0 Å². The normalized spacial score (nSPS) is 14.0. The molecule has 0 spiro atoms. The van der Waals surface area contributed by atoms with Crippen LogP contribution in [0.5, 0.6) is 0 Å². The van der Waals surface area contributed by atoms with Crippen molar-refractivity contribution in [3.63, 3.8) is 0 Å². The van der Waals surface area contributed by atoms with E-state index in [-0.39, 0.29) is 6.61 Å². The van der Waals surface area contributed by atoms with Gasteiger partial charge in [0.1, 0.15) is 0 Å². The van der Waals surface area contributed by atoms with Crippen LogP contribution in [0.3, 0.4) is 0 Å². The third-order valence-corrected chi connectivity index (χ3v) is 4.26. The fourth-order valence-electron chi connectivity index (χ4n) is 2.19. The Morgan fingerprint density at radius 3 is 2.25 bits per heavy atom. The molecular weight excluding hydrogens is 323 g/mol. The topological polar surface area (TPSA) is 66.8 Å². The molecule has 0 unspecified atom stereocenters. The quantitative estimate of drug-likeness (QED) is 0.360. The lowest BCUT2D eigenvalue weighted by Gasteiger charge is -2.12. The molecule has 0 amide bonds. The summed E-state index contributed by atoms with van der Waals surface area (Å²) >= 11 is 0. The first-order valence-electron chi connectivity index (χ1n) is 8.43. The number of allylic oxidation sites excluding steroid dienone is 7. The van der Waals surface area contributed by atoms with E-state index in [4.69, 9.17) is 9.79 Å². The van der Waals surface area contributed by atoms with Crippen molar-refractivity contribution in [1.29, 1.82) is 0 Å². The minimum atomic E-state index is -4.38. The number of phosphoric ester groups is 1. The number of hydrogen-bond acceptors (Lipinski definition) is 2. The lowest BCUT2D eigenvalue weighted by Crippen LogP contribution is -1.93. The van der Waals surface area contributed by atoms with Crippen LogP contribution < -0.4 is 0 Å². The summed E-state index contributed by atoms with van der Waals surface area (Å²) in [6, 6.07) is 0. The molecule has 0 atom stereocenters. The smallest absolute Gasteiger partial charge is 0.303 e. The molecule has 0 bridgehead atoms. The van der Waals surface area contributed by atoms with Gasteiger partial charge in [0.25, 0.3) is 0 Å². The Morgan fingerprint density at radius 2 is 1.71 bits per heavy atom. The van der Waals surface area contributed by atoms with Gasteiger partial charge in [0.05, 0.1) is 6.61 Å². The highest BCUT2D eigenvalue weighted by atomic mass is 31.2. The van der Waals surface area contributed by atoms with E-state index in [1.54, 1.807) is 6.08 Å². The molecule has 5 heteroatoms. The van der Waals surface area contributed by atoms with Crippen LogP contribution in [0, 0.1) is 0 Å². The van der Waals surface area contributed by atoms with Crippen LogP contribution in [0.2, 0.25) is 0 Å². The number of phosphoric acid groups is 1. The Labute approximate surface area is 147 Å². The minimum absolute atomic E-state index is 0.0522. The second-order valence-corrected chi connectivity index (χ2v) is 7.55. The van der Waals surface area contributed by atoms with Crippen molar-refractivity contribution in [2.24, 2.45) is 0 Å². The van der Waals surface area contributed by atoms with Gasteiger partial charge in [-0.25, -0.2) is 4.57 Å². The molecule has 0 saturated heterocycles. The van der Waals surface area contributed by atoms with Crippen molar-refractivity contribution in [2.75, 3.05) is 6.61 Å². The third-order valence-electron chi connectivity index (χ3n) is 3.78. The second kappa shape index (κ2) is 12.4. The predicted octanol–water partition coefficient (Wildman–Crippen LogP) is 5.85. The van der Waals surface area contributed by atoms with E-state index < -0.39 is 7.82 Å². The van der Waals surface area contributed by atoms with Gasteiger partial charge < -0.3 is 9.79 Å². The van der Waals surface area contributed by atoms with E-state index in [0.717, 1.165) is 37.7 Å². The average Bonchev–Trinajstić information content (AvgIpc) is 2.45. The summed E-state index contributed by atoms with van der Waals surface area (Å²) in [4.78, 5) is 17.4. The molecular formula is C19H33O4P. The Bertz CT molecular complexity index is 532. The summed E-state index contributed by atoms with van der Waals surface area (Å²) in [6.07, 6.45) is 13.2. The van der Waals surface area contributed by atoms with Gasteiger partial charge in [-0.3, -0.25) is 4.52 Å². The largest absolute Gasteiger partial charge is 0.469 e. The van der Waals surface area contributed by atoms with Crippen molar-refractivity contribution in [3.8, 4) is 0 Å². The lowest BCUT2D eigenvalue weighted by atomic mass is 9.95. The summed E-state index contributed by atoms with van der Waals surface area (Å²) in [6.45, 7) is 10.4. The first-order valence-corrected chi connectivity index (χ1v) is 9.96. The van der Waals surface area contributed by atoms with E-state index >= 15 is 0 Å². The molecule has 0 aliphatic rings. The van der Waals surface area contributed by atoms with Crippen LogP contribution in [0.15, 0.2) is 46.6 Å².